The summed E-state index contributed by atoms with van der Waals surface area (Å²) in [6.07, 6.45) is 6.22. The standard InChI is InChI=1S/C10H15N3O/c1-8(3-2-4-11)10(14)9-5-12-7-13-6-9/h5-8H,2-4,11H2,1H3. The second kappa shape index (κ2) is 5.44. The van der Waals surface area contributed by atoms with Crippen LogP contribution >= 0.6 is 0 Å². The van der Waals surface area contributed by atoms with Crippen molar-refractivity contribution < 1.29 is 4.79 Å². The van der Waals surface area contributed by atoms with Crippen molar-refractivity contribution >= 4 is 5.78 Å². The van der Waals surface area contributed by atoms with Crippen molar-refractivity contribution in [3.8, 4) is 0 Å². The summed E-state index contributed by atoms with van der Waals surface area (Å²) in [5, 5.41) is 0. The largest absolute Gasteiger partial charge is 0.330 e. The Hall–Kier alpha value is -1.29. The molecule has 1 aromatic heterocycles. The van der Waals surface area contributed by atoms with Crippen LogP contribution in [0.1, 0.15) is 30.1 Å². The normalized spacial score (nSPS) is 12.4. The Bertz CT molecular complexity index is 287. The van der Waals surface area contributed by atoms with Gasteiger partial charge in [0.1, 0.15) is 6.33 Å². The summed E-state index contributed by atoms with van der Waals surface area (Å²) in [7, 11) is 0. The fourth-order valence-corrected chi connectivity index (χ4v) is 1.27. The van der Waals surface area contributed by atoms with Crippen LogP contribution < -0.4 is 5.73 Å². The SMILES string of the molecule is CC(CCCN)C(=O)c1cncnc1. The highest BCUT2D eigenvalue weighted by molar-refractivity contribution is 5.96. The molecule has 0 aliphatic rings. The van der Waals surface area contributed by atoms with E-state index in [0.29, 0.717) is 12.1 Å². The second-order valence-corrected chi connectivity index (χ2v) is 3.32. The van der Waals surface area contributed by atoms with Crippen molar-refractivity contribution in [3.05, 3.63) is 24.3 Å². The van der Waals surface area contributed by atoms with E-state index in [2.05, 4.69) is 9.97 Å². The number of carbonyl (C=O) groups is 1. The van der Waals surface area contributed by atoms with Crippen molar-refractivity contribution in [1.29, 1.82) is 0 Å². The highest BCUT2D eigenvalue weighted by atomic mass is 16.1. The fourth-order valence-electron chi connectivity index (χ4n) is 1.27. The number of rotatable bonds is 5. The smallest absolute Gasteiger partial charge is 0.168 e. The highest BCUT2D eigenvalue weighted by Gasteiger charge is 2.14. The van der Waals surface area contributed by atoms with Gasteiger partial charge in [-0.3, -0.25) is 4.79 Å². The molecule has 14 heavy (non-hydrogen) atoms. The van der Waals surface area contributed by atoms with Gasteiger partial charge in [-0.15, -0.1) is 0 Å². The average molecular weight is 193 g/mol. The van der Waals surface area contributed by atoms with E-state index in [4.69, 9.17) is 5.73 Å². The molecule has 4 heteroatoms. The van der Waals surface area contributed by atoms with Crippen molar-refractivity contribution in [2.45, 2.75) is 19.8 Å². The number of hydrogen-bond acceptors (Lipinski definition) is 4. The first kappa shape index (κ1) is 10.8. The number of aromatic nitrogens is 2. The van der Waals surface area contributed by atoms with Crippen molar-refractivity contribution in [3.63, 3.8) is 0 Å². The molecule has 0 saturated heterocycles. The van der Waals surface area contributed by atoms with Gasteiger partial charge in [0.25, 0.3) is 0 Å². The predicted molar refractivity (Wildman–Crippen MR) is 53.8 cm³/mol. The number of Topliss-reactive ketones (excluding diaryl/α,β-unsaturated/α-hetero) is 1. The summed E-state index contributed by atoms with van der Waals surface area (Å²) in [5.41, 5.74) is 5.96. The van der Waals surface area contributed by atoms with Gasteiger partial charge >= 0.3 is 0 Å². The Kier molecular flexibility index (Phi) is 4.19. The highest BCUT2D eigenvalue weighted by Crippen LogP contribution is 2.11. The molecule has 0 bridgehead atoms. The molecular weight excluding hydrogens is 178 g/mol. The minimum absolute atomic E-state index is 0.00421. The first-order valence-corrected chi connectivity index (χ1v) is 4.75. The lowest BCUT2D eigenvalue weighted by Gasteiger charge is -2.08. The van der Waals surface area contributed by atoms with E-state index in [1.54, 1.807) is 12.4 Å². The van der Waals surface area contributed by atoms with Gasteiger partial charge < -0.3 is 5.73 Å². The number of nitrogens with zero attached hydrogens (tertiary/aromatic N) is 2. The summed E-state index contributed by atoms with van der Waals surface area (Å²) in [6.45, 7) is 2.54. The van der Waals surface area contributed by atoms with Crippen molar-refractivity contribution in [2.75, 3.05) is 6.54 Å². The van der Waals surface area contributed by atoms with Crippen LogP contribution in [0.2, 0.25) is 0 Å². The van der Waals surface area contributed by atoms with Gasteiger partial charge in [-0.1, -0.05) is 6.92 Å². The summed E-state index contributed by atoms with van der Waals surface area (Å²) in [5.74, 6) is 0.101. The number of nitrogens with two attached hydrogens (primary N) is 1. The molecule has 0 aromatic carbocycles. The lowest BCUT2D eigenvalue weighted by atomic mass is 9.97. The van der Waals surface area contributed by atoms with Crippen LogP contribution in [0.15, 0.2) is 18.7 Å². The van der Waals surface area contributed by atoms with Gasteiger partial charge in [-0.2, -0.15) is 0 Å². The summed E-state index contributed by atoms with van der Waals surface area (Å²) in [6, 6.07) is 0. The fraction of sp³-hybridized carbons (Fsp3) is 0.500. The van der Waals surface area contributed by atoms with Gasteiger partial charge in [-0.25, -0.2) is 9.97 Å². The third kappa shape index (κ3) is 2.88. The molecule has 1 rings (SSSR count). The maximum atomic E-state index is 11.7. The minimum atomic E-state index is 0.00421. The average Bonchev–Trinajstić information content (AvgIpc) is 2.26. The van der Waals surface area contributed by atoms with E-state index in [-0.39, 0.29) is 11.7 Å². The molecule has 0 amide bonds. The van der Waals surface area contributed by atoms with E-state index in [0.717, 1.165) is 12.8 Å². The van der Waals surface area contributed by atoms with Crippen LogP contribution in [0, 0.1) is 5.92 Å². The lowest BCUT2D eigenvalue weighted by molar-refractivity contribution is 0.0922. The summed E-state index contributed by atoms with van der Waals surface area (Å²) < 4.78 is 0. The van der Waals surface area contributed by atoms with Crippen LogP contribution in [-0.4, -0.2) is 22.3 Å². The van der Waals surface area contributed by atoms with Crippen molar-refractivity contribution in [1.82, 2.24) is 9.97 Å². The van der Waals surface area contributed by atoms with E-state index >= 15 is 0 Å². The van der Waals surface area contributed by atoms with Gasteiger partial charge in [0.15, 0.2) is 5.78 Å². The molecule has 1 unspecified atom stereocenters. The Morgan fingerprint density at radius 3 is 2.71 bits per heavy atom. The van der Waals surface area contributed by atoms with Gasteiger partial charge in [0.05, 0.1) is 5.56 Å². The number of ketones is 1. The monoisotopic (exact) mass is 193 g/mol. The zero-order chi connectivity index (χ0) is 10.4. The molecule has 0 aliphatic heterocycles. The summed E-state index contributed by atoms with van der Waals surface area (Å²) in [4.78, 5) is 19.4. The van der Waals surface area contributed by atoms with Crippen LogP contribution in [0.4, 0.5) is 0 Å². The first-order chi connectivity index (χ1) is 6.75. The quantitative estimate of drug-likeness (QED) is 0.709. The van der Waals surface area contributed by atoms with Gasteiger partial charge in [0.2, 0.25) is 0 Å². The molecule has 0 saturated carbocycles. The van der Waals surface area contributed by atoms with Crippen LogP contribution in [0.3, 0.4) is 0 Å². The van der Waals surface area contributed by atoms with Crippen LogP contribution in [0.25, 0.3) is 0 Å². The third-order valence-corrected chi connectivity index (χ3v) is 2.13. The second-order valence-electron chi connectivity index (χ2n) is 3.32. The number of carbonyl (C=O) groups excluding carboxylic acids is 1. The Labute approximate surface area is 83.6 Å². The Morgan fingerprint density at radius 2 is 2.14 bits per heavy atom. The maximum Gasteiger partial charge on any atom is 0.168 e. The molecule has 0 aliphatic carbocycles. The topological polar surface area (TPSA) is 68.9 Å². The van der Waals surface area contributed by atoms with Gasteiger partial charge in [-0.05, 0) is 19.4 Å². The lowest BCUT2D eigenvalue weighted by Crippen LogP contribution is -2.13. The molecule has 1 atom stereocenters. The van der Waals surface area contributed by atoms with Crippen molar-refractivity contribution in [2.24, 2.45) is 11.7 Å². The number of hydrogen-bond donors (Lipinski definition) is 1. The molecule has 4 nitrogen and oxygen atoms in total. The van der Waals surface area contributed by atoms with Crippen LogP contribution in [-0.2, 0) is 0 Å². The molecule has 0 fully saturated rings. The third-order valence-electron chi connectivity index (χ3n) is 2.13. The predicted octanol–water partition coefficient (Wildman–Crippen LogP) is 1.03. The molecular formula is C10H15N3O. The van der Waals surface area contributed by atoms with E-state index in [9.17, 15) is 4.79 Å². The molecule has 2 N–H and O–H groups in total. The maximum absolute atomic E-state index is 11.7. The molecule has 1 heterocycles. The molecule has 1 aromatic rings. The molecule has 76 valence electrons. The molecule has 0 radical (unpaired) electrons. The Morgan fingerprint density at radius 1 is 1.50 bits per heavy atom. The molecule has 0 spiro atoms. The zero-order valence-electron chi connectivity index (χ0n) is 8.31. The Balaban J connectivity index is 2.57. The zero-order valence-corrected chi connectivity index (χ0v) is 8.31. The minimum Gasteiger partial charge on any atom is -0.330 e. The van der Waals surface area contributed by atoms with E-state index < -0.39 is 0 Å². The van der Waals surface area contributed by atoms with E-state index in [1.165, 1.54) is 6.33 Å². The van der Waals surface area contributed by atoms with Crippen LogP contribution in [0.5, 0.6) is 0 Å². The first-order valence-electron chi connectivity index (χ1n) is 4.75. The van der Waals surface area contributed by atoms with E-state index in [1.807, 2.05) is 6.92 Å². The summed E-state index contributed by atoms with van der Waals surface area (Å²) >= 11 is 0. The van der Waals surface area contributed by atoms with Gasteiger partial charge in [0, 0.05) is 18.3 Å².